The van der Waals surface area contributed by atoms with Crippen molar-refractivity contribution in [3.05, 3.63) is 11.4 Å². The Hall–Kier alpha value is -0.900. The number of aromatic nitrogens is 3. The number of nitrogens with two attached hydrogens (primary N) is 1. The minimum Gasteiger partial charge on any atom is -0.330 e. The van der Waals surface area contributed by atoms with Crippen molar-refractivity contribution in [2.75, 3.05) is 6.54 Å². The Balaban J connectivity index is 2.16. The van der Waals surface area contributed by atoms with E-state index in [9.17, 15) is 0 Å². The molecule has 0 amide bonds. The fourth-order valence-electron chi connectivity index (χ4n) is 2.86. The second-order valence-corrected chi connectivity index (χ2v) is 5.85. The maximum Gasteiger partial charge on any atom is 0.0874 e. The third-order valence-corrected chi connectivity index (χ3v) is 3.89. The molecule has 18 heavy (non-hydrogen) atoms. The average Bonchev–Trinajstić information content (AvgIpc) is 2.95. The van der Waals surface area contributed by atoms with Crippen LogP contribution in [0.1, 0.15) is 63.3 Å². The van der Waals surface area contributed by atoms with Crippen LogP contribution in [0.15, 0.2) is 0 Å². The molecule has 4 heteroatoms. The van der Waals surface area contributed by atoms with Crippen LogP contribution in [0.2, 0.25) is 0 Å². The summed E-state index contributed by atoms with van der Waals surface area (Å²) in [6.07, 6.45) is 7.34. The molecule has 0 aliphatic heterocycles. The van der Waals surface area contributed by atoms with Crippen molar-refractivity contribution >= 4 is 0 Å². The Bertz CT molecular complexity index is 364. The molecule has 0 bridgehead atoms. The van der Waals surface area contributed by atoms with E-state index in [2.05, 4.69) is 28.8 Å². The predicted octanol–water partition coefficient (Wildman–Crippen LogP) is 2.48. The summed E-state index contributed by atoms with van der Waals surface area (Å²) in [7, 11) is 0. The van der Waals surface area contributed by atoms with E-state index in [1.807, 2.05) is 0 Å². The van der Waals surface area contributed by atoms with Gasteiger partial charge in [-0.05, 0) is 31.7 Å². The molecule has 4 nitrogen and oxygen atoms in total. The smallest absolute Gasteiger partial charge is 0.0874 e. The minimum absolute atomic E-state index is 0.669. The van der Waals surface area contributed by atoms with E-state index in [4.69, 9.17) is 5.73 Å². The second-order valence-electron chi connectivity index (χ2n) is 5.85. The largest absolute Gasteiger partial charge is 0.330 e. The molecule has 1 aliphatic rings. The Labute approximate surface area is 110 Å². The van der Waals surface area contributed by atoms with Crippen molar-refractivity contribution in [3.63, 3.8) is 0 Å². The highest BCUT2D eigenvalue weighted by molar-refractivity contribution is 5.17. The van der Waals surface area contributed by atoms with Crippen molar-refractivity contribution in [1.29, 1.82) is 0 Å². The molecule has 1 fully saturated rings. The molecule has 1 saturated carbocycles. The number of aryl methyl sites for hydroxylation is 1. The first kappa shape index (κ1) is 13.5. The third kappa shape index (κ3) is 3.10. The number of hydrogen-bond acceptors (Lipinski definition) is 3. The van der Waals surface area contributed by atoms with Crippen LogP contribution in [0.5, 0.6) is 0 Å². The predicted molar refractivity (Wildman–Crippen MR) is 73.4 cm³/mol. The lowest BCUT2D eigenvalue weighted by Crippen LogP contribution is -2.12. The van der Waals surface area contributed by atoms with E-state index in [1.165, 1.54) is 37.8 Å². The Morgan fingerprint density at radius 1 is 1.33 bits per heavy atom. The molecular weight excluding hydrogens is 224 g/mol. The van der Waals surface area contributed by atoms with Crippen LogP contribution in [0.25, 0.3) is 0 Å². The molecule has 102 valence electrons. The summed E-state index contributed by atoms with van der Waals surface area (Å²) in [5.74, 6) is 1.39. The van der Waals surface area contributed by atoms with E-state index in [0.717, 1.165) is 18.7 Å². The van der Waals surface area contributed by atoms with Crippen LogP contribution in [0, 0.1) is 5.92 Å². The molecule has 1 aliphatic carbocycles. The summed E-state index contributed by atoms with van der Waals surface area (Å²) in [5, 5.41) is 8.72. The first-order chi connectivity index (χ1) is 8.72. The summed E-state index contributed by atoms with van der Waals surface area (Å²) in [4.78, 5) is 0. The molecule has 2 N–H and O–H groups in total. The van der Waals surface area contributed by atoms with Crippen LogP contribution < -0.4 is 5.73 Å². The second kappa shape index (κ2) is 6.32. The minimum atomic E-state index is 0.669. The van der Waals surface area contributed by atoms with E-state index >= 15 is 0 Å². The molecule has 1 aromatic rings. The van der Waals surface area contributed by atoms with Crippen LogP contribution in [-0.2, 0) is 13.0 Å². The molecule has 1 aromatic heterocycles. The summed E-state index contributed by atoms with van der Waals surface area (Å²) in [6, 6.07) is 0. The highest BCUT2D eigenvalue weighted by Gasteiger charge is 2.25. The van der Waals surface area contributed by atoms with Crippen molar-refractivity contribution < 1.29 is 0 Å². The van der Waals surface area contributed by atoms with Gasteiger partial charge in [0.15, 0.2) is 0 Å². The van der Waals surface area contributed by atoms with Gasteiger partial charge in [-0.1, -0.05) is 31.9 Å². The lowest BCUT2D eigenvalue weighted by atomic mass is 10.00. The monoisotopic (exact) mass is 250 g/mol. The van der Waals surface area contributed by atoms with Crippen LogP contribution >= 0.6 is 0 Å². The Morgan fingerprint density at radius 3 is 2.67 bits per heavy atom. The zero-order valence-electron chi connectivity index (χ0n) is 11.7. The van der Waals surface area contributed by atoms with Gasteiger partial charge < -0.3 is 5.73 Å². The highest BCUT2D eigenvalue weighted by Crippen LogP contribution is 2.35. The summed E-state index contributed by atoms with van der Waals surface area (Å²) in [6.45, 7) is 6.18. The van der Waals surface area contributed by atoms with Crippen molar-refractivity contribution in [1.82, 2.24) is 15.0 Å². The Kier molecular flexibility index (Phi) is 4.75. The summed E-state index contributed by atoms with van der Waals surface area (Å²) >= 11 is 0. The standard InChI is InChI=1S/C14H26N4/c1-11(2)8-10-18-14(12-5-3-4-6-12)13(7-9-15)16-17-18/h11-12H,3-10,15H2,1-2H3. The fourth-order valence-corrected chi connectivity index (χ4v) is 2.86. The van der Waals surface area contributed by atoms with Gasteiger partial charge in [-0.3, -0.25) is 0 Å². The van der Waals surface area contributed by atoms with Gasteiger partial charge in [0.25, 0.3) is 0 Å². The number of nitrogens with zero attached hydrogens (tertiary/aromatic N) is 3. The lowest BCUT2D eigenvalue weighted by molar-refractivity contribution is 0.455. The van der Waals surface area contributed by atoms with Gasteiger partial charge in [0.2, 0.25) is 0 Å². The summed E-state index contributed by atoms with van der Waals surface area (Å²) in [5.41, 5.74) is 8.22. The quantitative estimate of drug-likeness (QED) is 0.844. The molecule has 0 aromatic carbocycles. The third-order valence-electron chi connectivity index (χ3n) is 3.89. The lowest BCUT2D eigenvalue weighted by Gasteiger charge is -2.14. The molecule has 0 radical (unpaired) electrons. The van der Waals surface area contributed by atoms with E-state index in [-0.39, 0.29) is 0 Å². The summed E-state index contributed by atoms with van der Waals surface area (Å²) < 4.78 is 2.15. The SMILES string of the molecule is CC(C)CCn1nnc(CCN)c1C1CCCC1. The molecule has 0 atom stereocenters. The normalized spacial score (nSPS) is 16.9. The molecule has 0 unspecified atom stereocenters. The molecule has 1 heterocycles. The van der Waals surface area contributed by atoms with Gasteiger partial charge in [0.1, 0.15) is 0 Å². The van der Waals surface area contributed by atoms with E-state index in [1.54, 1.807) is 0 Å². The van der Waals surface area contributed by atoms with E-state index in [0.29, 0.717) is 18.4 Å². The van der Waals surface area contributed by atoms with Gasteiger partial charge in [-0.15, -0.1) is 5.10 Å². The zero-order valence-corrected chi connectivity index (χ0v) is 11.7. The number of hydrogen-bond donors (Lipinski definition) is 1. The maximum atomic E-state index is 5.68. The molecular formula is C14H26N4. The van der Waals surface area contributed by atoms with Crippen LogP contribution in [-0.4, -0.2) is 21.5 Å². The van der Waals surface area contributed by atoms with Gasteiger partial charge in [-0.2, -0.15) is 0 Å². The van der Waals surface area contributed by atoms with Gasteiger partial charge in [0, 0.05) is 18.9 Å². The van der Waals surface area contributed by atoms with Crippen molar-refractivity contribution in [3.8, 4) is 0 Å². The topological polar surface area (TPSA) is 56.7 Å². The van der Waals surface area contributed by atoms with Gasteiger partial charge in [0.05, 0.1) is 11.4 Å². The van der Waals surface area contributed by atoms with Gasteiger partial charge in [-0.25, -0.2) is 4.68 Å². The average molecular weight is 250 g/mol. The Morgan fingerprint density at radius 2 is 2.06 bits per heavy atom. The molecule has 0 saturated heterocycles. The van der Waals surface area contributed by atoms with Gasteiger partial charge >= 0.3 is 0 Å². The zero-order chi connectivity index (χ0) is 13.0. The maximum absolute atomic E-state index is 5.68. The molecule has 2 rings (SSSR count). The van der Waals surface area contributed by atoms with E-state index < -0.39 is 0 Å². The van der Waals surface area contributed by atoms with Crippen molar-refractivity contribution in [2.24, 2.45) is 11.7 Å². The highest BCUT2D eigenvalue weighted by atomic mass is 15.4. The van der Waals surface area contributed by atoms with Crippen molar-refractivity contribution in [2.45, 2.75) is 64.8 Å². The van der Waals surface area contributed by atoms with Crippen LogP contribution in [0.3, 0.4) is 0 Å². The molecule has 0 spiro atoms. The fraction of sp³-hybridized carbons (Fsp3) is 0.857. The first-order valence-electron chi connectivity index (χ1n) is 7.34. The van der Waals surface area contributed by atoms with Crippen LogP contribution in [0.4, 0.5) is 0 Å². The first-order valence-corrected chi connectivity index (χ1v) is 7.34. The number of rotatable bonds is 6.